The number of hydrogen-bond donors (Lipinski definition) is 0. The fourth-order valence-electron chi connectivity index (χ4n) is 26.0. The van der Waals surface area contributed by atoms with Crippen LogP contribution in [0.15, 0.2) is 297 Å². The van der Waals surface area contributed by atoms with Crippen LogP contribution >= 0.6 is 0 Å². The zero-order valence-corrected chi connectivity index (χ0v) is 96.7. The topological polar surface area (TPSA) is 6.48 Å². The first-order chi connectivity index (χ1) is 69.3. The van der Waals surface area contributed by atoms with E-state index in [1.165, 1.54) is 228 Å². The van der Waals surface area contributed by atoms with E-state index < -0.39 is 0 Å². The van der Waals surface area contributed by atoms with E-state index in [-0.39, 0.29) is 75.8 Å². The summed E-state index contributed by atoms with van der Waals surface area (Å²) in [5.41, 5.74) is 61.2. The minimum Gasteiger partial charge on any atom is -0.310 e. The van der Waals surface area contributed by atoms with Crippen molar-refractivity contribution in [1.82, 2.24) is 0 Å². The van der Waals surface area contributed by atoms with Crippen molar-refractivity contribution in [3.63, 3.8) is 0 Å². The number of benzene rings is 16. The molecule has 0 saturated carbocycles. The van der Waals surface area contributed by atoms with Gasteiger partial charge < -0.3 is 9.80 Å². The number of aryl methyl sites for hydroxylation is 1. The minimum atomic E-state index is -0.217. The molecule has 0 saturated heterocycles. The second-order valence-corrected chi connectivity index (χ2v) is 56.6. The van der Waals surface area contributed by atoms with Gasteiger partial charge in [0.05, 0.1) is 0 Å². The summed E-state index contributed by atoms with van der Waals surface area (Å²) in [6.45, 7) is 87.3. The highest BCUT2D eigenvalue weighted by Crippen LogP contribution is 2.62. The molecule has 6 aliphatic carbocycles. The summed E-state index contributed by atoms with van der Waals surface area (Å²) in [6.07, 6.45) is 0. The Bertz CT molecular complexity index is 7920. The van der Waals surface area contributed by atoms with Gasteiger partial charge >= 0.3 is 0 Å². The molecule has 0 radical (unpaired) electrons. The van der Waals surface area contributed by atoms with E-state index in [1.807, 2.05) is 0 Å². The molecular formula is C147H160N2. The molecule has 16 aromatic rings. The van der Waals surface area contributed by atoms with Gasteiger partial charge in [-0.2, -0.15) is 0 Å². The van der Waals surface area contributed by atoms with Crippen molar-refractivity contribution in [2.24, 2.45) is 0 Å². The molecule has 0 atom stereocenters. The Hall–Kier alpha value is -12.9. The largest absolute Gasteiger partial charge is 0.310 e. The monoisotopic (exact) mass is 1950 g/mol. The van der Waals surface area contributed by atoms with Crippen molar-refractivity contribution in [2.75, 3.05) is 9.80 Å². The van der Waals surface area contributed by atoms with Crippen LogP contribution in [0.2, 0.25) is 0 Å². The zero-order valence-electron chi connectivity index (χ0n) is 96.7. The molecule has 0 aliphatic heterocycles. The summed E-state index contributed by atoms with van der Waals surface area (Å²) in [5, 5.41) is 0. The van der Waals surface area contributed by atoms with Crippen LogP contribution in [0.25, 0.3) is 111 Å². The van der Waals surface area contributed by atoms with Gasteiger partial charge in [0.1, 0.15) is 0 Å². The zero-order chi connectivity index (χ0) is 107. The third-order valence-electron chi connectivity index (χ3n) is 35.6. The molecule has 0 spiro atoms. The lowest BCUT2D eigenvalue weighted by atomic mass is 9.74. The Morgan fingerprint density at radius 2 is 0.329 bits per heavy atom. The highest BCUT2D eigenvalue weighted by molar-refractivity contribution is 5.97. The normalized spacial score (nSPS) is 15.7. The lowest BCUT2D eigenvalue weighted by molar-refractivity contribution is 0.584. The minimum absolute atomic E-state index is 0.0242. The van der Waals surface area contributed by atoms with Gasteiger partial charge in [0.15, 0.2) is 0 Å². The number of rotatable bonds is 10. The Balaban J connectivity index is 0.000000174. The van der Waals surface area contributed by atoms with Gasteiger partial charge in [0, 0.05) is 66.6 Å². The number of nitrogens with zero attached hydrogens (tertiary/aromatic N) is 2. The van der Waals surface area contributed by atoms with Crippen LogP contribution < -0.4 is 9.80 Å². The second-order valence-electron chi connectivity index (χ2n) is 56.6. The first kappa shape index (κ1) is 102. The van der Waals surface area contributed by atoms with E-state index in [2.05, 4.69) is 563 Å². The molecule has 0 unspecified atom stereocenters. The van der Waals surface area contributed by atoms with Crippen molar-refractivity contribution in [3.8, 4) is 111 Å². The van der Waals surface area contributed by atoms with Crippen LogP contribution in [0, 0.1) is 6.92 Å². The molecule has 0 fully saturated rings. The summed E-state index contributed by atoms with van der Waals surface area (Å²) in [4.78, 5) is 5.07. The molecule has 2 heteroatoms. The lowest BCUT2D eigenvalue weighted by Gasteiger charge is -2.33. The van der Waals surface area contributed by atoms with Crippen LogP contribution in [0.1, 0.15) is 366 Å². The molecule has 0 heterocycles. The van der Waals surface area contributed by atoms with E-state index in [0.717, 1.165) is 34.1 Å². The second kappa shape index (κ2) is 34.1. The van der Waals surface area contributed by atoms with Crippen LogP contribution in [-0.4, -0.2) is 0 Å². The SMILES string of the molecule is CC(C)(C)c1ccc(N(c2cc(-c3ccc4c(c3)C(C)(C)c3cc(C(C)(C)C)ccc3-4)cc(-c3ccc4c(c3)C(C)(C)c3cc(C(C)(C)C)ccc3-4)c2)c2ccc3c(c2)C(C)(C)c2cc(C(C)(C)C)ccc2-3)cc1.Cc1ccc(N(c2cc(-c3ccc4c(c3)C(C)(C)c3cc(C(C)(C)C)ccc3-4)c(C(C)(C)C)c(-c3ccc4c(c3)C(C)(C)c3cc(C(C)(C)C)ccc3-4)c2)c2ccc3c(c2)C(C)(C)c2cc(C(C)(C)C)ccc2-3)cc1. The molecule has 0 amide bonds. The Morgan fingerprint density at radius 1 is 0.141 bits per heavy atom. The van der Waals surface area contributed by atoms with Crippen LogP contribution in [0.3, 0.4) is 0 Å². The quantitative estimate of drug-likeness (QED) is 0.135. The average Bonchev–Trinajstić information content (AvgIpc) is 1.60. The third-order valence-corrected chi connectivity index (χ3v) is 35.6. The predicted molar refractivity (Wildman–Crippen MR) is 644 cm³/mol. The molecule has 0 bridgehead atoms. The summed E-state index contributed by atoms with van der Waals surface area (Å²) in [7, 11) is 0. The van der Waals surface area contributed by atoms with E-state index in [0.29, 0.717) is 0 Å². The number of anilines is 6. The lowest BCUT2D eigenvalue weighted by Crippen LogP contribution is -2.19. The van der Waals surface area contributed by atoms with Gasteiger partial charge in [0.25, 0.3) is 0 Å². The first-order valence-corrected chi connectivity index (χ1v) is 55.2. The van der Waals surface area contributed by atoms with Crippen molar-refractivity contribution in [2.45, 2.75) is 332 Å². The first-order valence-electron chi connectivity index (χ1n) is 55.2. The van der Waals surface area contributed by atoms with E-state index in [4.69, 9.17) is 0 Å². The Kier molecular flexibility index (Phi) is 23.3. The third kappa shape index (κ3) is 17.0. The van der Waals surface area contributed by atoms with Gasteiger partial charge in [-0.05, 0) is 376 Å². The molecule has 0 aromatic heterocycles. The van der Waals surface area contributed by atoms with Crippen LogP contribution in [-0.2, 0) is 75.8 Å². The van der Waals surface area contributed by atoms with Gasteiger partial charge in [-0.1, -0.05) is 449 Å². The van der Waals surface area contributed by atoms with Crippen LogP contribution in [0.5, 0.6) is 0 Å². The molecule has 0 N–H and O–H groups in total. The van der Waals surface area contributed by atoms with Crippen molar-refractivity contribution >= 4 is 34.1 Å². The summed E-state index contributed by atoms with van der Waals surface area (Å²) >= 11 is 0. The maximum Gasteiger partial charge on any atom is 0.0474 e. The predicted octanol–water partition coefficient (Wildman–Crippen LogP) is 41.5. The molecule has 22 rings (SSSR count). The number of hydrogen-bond acceptors (Lipinski definition) is 2. The van der Waals surface area contributed by atoms with Gasteiger partial charge in [-0.15, -0.1) is 0 Å². The summed E-state index contributed by atoms with van der Waals surface area (Å²) < 4.78 is 0. The Morgan fingerprint density at radius 3 is 0.570 bits per heavy atom. The van der Waals surface area contributed by atoms with Gasteiger partial charge in [-0.3, -0.25) is 0 Å². The maximum atomic E-state index is 2.55. The van der Waals surface area contributed by atoms with Crippen molar-refractivity contribution in [1.29, 1.82) is 0 Å². The molecule has 2 nitrogen and oxygen atoms in total. The highest BCUT2D eigenvalue weighted by atomic mass is 15.1. The Labute approximate surface area is 894 Å². The maximum absolute atomic E-state index is 2.55. The molecular weight excluding hydrogens is 1790 g/mol. The van der Waals surface area contributed by atoms with Gasteiger partial charge in [-0.25, -0.2) is 0 Å². The summed E-state index contributed by atoms with van der Waals surface area (Å²) in [5.74, 6) is 0. The van der Waals surface area contributed by atoms with Gasteiger partial charge in [0.2, 0.25) is 0 Å². The standard InChI is InChI=1S/C74H81N.C73H79N/c1-44-20-27-50(28-21-44)75(51-29-35-58-57-34-26-49(70(8,9)10)40-65(57)74(18,19)66(58)43-51)52-41-59(45-22-30-53-55-32-24-47(68(2,3)4)38-63(55)72(14,15)61(53)36-45)67(71(11,12)13)60(42-52)46-23-31-54-56-33-25-48(69(5,6)7)39-64(56)73(16,17)62(54)37-46;1-67(2,3)48-21-26-52(27-22-48)74(53-28-34-60-59-33-25-51(70(10,11)12)42-65(59)73(17,18)66(60)43-53)54-36-46(44-19-29-55-57-31-23-49(68(4,5)6)40-63(57)71(13,14)61(55)38-44)35-47(37-54)45-20-30-56-58-32-24-50(69(7,8)9)41-64(58)72(15,16)62(56)39-45/h20-43H,1-19H3;19-43H,1-18H3. The fraction of sp³-hybridized carbons (Fsp3) is 0.347. The van der Waals surface area contributed by atoms with E-state index in [9.17, 15) is 0 Å². The molecule has 758 valence electrons. The molecule has 6 aliphatic rings. The molecule has 16 aromatic carbocycles. The number of fused-ring (bicyclic) bond motifs is 18. The van der Waals surface area contributed by atoms with Crippen molar-refractivity contribution in [3.05, 3.63) is 414 Å². The molecule has 149 heavy (non-hydrogen) atoms. The van der Waals surface area contributed by atoms with Crippen LogP contribution in [0.4, 0.5) is 34.1 Å². The van der Waals surface area contributed by atoms with E-state index >= 15 is 0 Å². The average molecular weight is 1950 g/mol. The summed E-state index contributed by atoms with van der Waals surface area (Å²) in [6, 6.07) is 118. The highest BCUT2D eigenvalue weighted by Gasteiger charge is 2.46. The fourth-order valence-corrected chi connectivity index (χ4v) is 26.0. The van der Waals surface area contributed by atoms with E-state index in [1.54, 1.807) is 0 Å². The smallest absolute Gasteiger partial charge is 0.0474 e. The van der Waals surface area contributed by atoms with Crippen molar-refractivity contribution < 1.29 is 0 Å².